The van der Waals surface area contributed by atoms with Gasteiger partial charge in [0.2, 0.25) is 0 Å². The predicted octanol–water partition coefficient (Wildman–Crippen LogP) is 2.10. The smallest absolute Gasteiger partial charge is 0.0580 e. The molecule has 0 unspecified atom stereocenters. The maximum absolute atomic E-state index is 3.81. The number of hydrogen-bond donors (Lipinski definition) is 0. The minimum atomic E-state index is 1.15. The Balaban J connectivity index is 2.47. The van der Waals surface area contributed by atoms with Gasteiger partial charge in [-0.05, 0) is 0 Å². The third-order valence-electron chi connectivity index (χ3n) is 1.10. The maximum Gasteiger partial charge on any atom is -0.0580 e. The van der Waals surface area contributed by atoms with E-state index in [9.17, 15) is 0 Å². The van der Waals surface area contributed by atoms with Crippen LogP contribution in [0.4, 0.5) is 0 Å². The molecule has 0 bridgehead atoms. The molecular formula is C7H9-. The molecule has 0 aromatic carbocycles. The first-order valence-corrected chi connectivity index (χ1v) is 2.57. The van der Waals surface area contributed by atoms with E-state index in [1.807, 2.05) is 0 Å². The van der Waals surface area contributed by atoms with Gasteiger partial charge in [0.1, 0.15) is 0 Å². The Kier molecular flexibility index (Phi) is 1.21. The summed E-state index contributed by atoms with van der Waals surface area (Å²) in [6.45, 7) is 3.81. The van der Waals surface area contributed by atoms with Gasteiger partial charge in [0.05, 0.1) is 0 Å². The van der Waals surface area contributed by atoms with E-state index >= 15 is 0 Å². The summed E-state index contributed by atoms with van der Waals surface area (Å²) in [6, 6.07) is 0. The van der Waals surface area contributed by atoms with Crippen molar-refractivity contribution in [3.8, 4) is 0 Å². The summed E-state index contributed by atoms with van der Waals surface area (Å²) in [6.07, 6.45) is 8.61. The van der Waals surface area contributed by atoms with Gasteiger partial charge in [-0.15, -0.1) is 0 Å². The average molecular weight is 93.1 g/mol. The van der Waals surface area contributed by atoms with E-state index in [1.54, 1.807) is 0 Å². The van der Waals surface area contributed by atoms with Crippen LogP contribution >= 0.6 is 0 Å². The summed E-state index contributed by atoms with van der Waals surface area (Å²) in [7, 11) is 0. The molecule has 0 saturated carbocycles. The molecule has 0 fully saturated rings. The Morgan fingerprint density at radius 3 is 2.86 bits per heavy atom. The van der Waals surface area contributed by atoms with Crippen molar-refractivity contribution in [1.82, 2.24) is 0 Å². The average Bonchev–Trinajstić information content (AvgIpc) is 1.69. The van der Waals surface area contributed by atoms with Crippen molar-refractivity contribution in [3.63, 3.8) is 0 Å². The van der Waals surface area contributed by atoms with Gasteiger partial charge in [0.25, 0.3) is 0 Å². The first kappa shape index (κ1) is 4.51. The second-order valence-electron chi connectivity index (χ2n) is 1.79. The van der Waals surface area contributed by atoms with E-state index in [0.717, 1.165) is 6.42 Å². The Morgan fingerprint density at radius 1 is 1.71 bits per heavy atom. The minimum Gasteiger partial charge on any atom is -0.191 e. The molecular weight excluding hydrogens is 84.1 g/mol. The summed E-state index contributed by atoms with van der Waals surface area (Å²) in [4.78, 5) is 0. The van der Waals surface area contributed by atoms with Crippen molar-refractivity contribution in [2.45, 2.75) is 12.8 Å². The molecule has 0 amide bonds. The fourth-order valence-corrected chi connectivity index (χ4v) is 0.652. The van der Waals surface area contributed by atoms with Crippen LogP contribution in [0.5, 0.6) is 0 Å². The number of hydrogen-bond acceptors (Lipinski definition) is 0. The molecule has 0 heteroatoms. The van der Waals surface area contributed by atoms with E-state index in [1.165, 1.54) is 12.0 Å². The van der Waals surface area contributed by atoms with Crippen molar-refractivity contribution in [3.05, 3.63) is 30.7 Å². The van der Waals surface area contributed by atoms with Crippen LogP contribution in [0.25, 0.3) is 0 Å². The zero-order chi connectivity index (χ0) is 5.11. The van der Waals surface area contributed by atoms with E-state index in [4.69, 9.17) is 0 Å². The van der Waals surface area contributed by atoms with Crippen LogP contribution < -0.4 is 0 Å². The lowest BCUT2D eigenvalue weighted by atomic mass is 10.0. The number of rotatable bonds is 0. The van der Waals surface area contributed by atoms with Crippen LogP contribution in [0, 0.1) is 6.42 Å². The number of allylic oxidation sites excluding steroid dienone is 3. The summed E-state index contributed by atoms with van der Waals surface area (Å²) >= 11 is 0. The molecule has 1 aliphatic rings. The lowest BCUT2D eigenvalue weighted by Crippen LogP contribution is -1.84. The molecule has 0 saturated heterocycles. The van der Waals surface area contributed by atoms with Gasteiger partial charge in [-0.25, -0.2) is 0 Å². The Bertz CT molecular complexity index is 98.6. The highest BCUT2D eigenvalue weighted by Crippen LogP contribution is 2.12. The van der Waals surface area contributed by atoms with Crippen LogP contribution in [0.3, 0.4) is 0 Å². The van der Waals surface area contributed by atoms with Crippen molar-refractivity contribution >= 4 is 0 Å². The van der Waals surface area contributed by atoms with Gasteiger partial charge >= 0.3 is 0 Å². The van der Waals surface area contributed by atoms with Gasteiger partial charge in [0, 0.05) is 0 Å². The van der Waals surface area contributed by atoms with E-state index in [0.29, 0.717) is 0 Å². The second-order valence-corrected chi connectivity index (χ2v) is 1.79. The second kappa shape index (κ2) is 1.87. The standard InChI is InChI=1S/C7H9/c1-7-5-3-2-4-6-7/h2-3,5H,1,4,6H2/q-1. The molecule has 1 aliphatic carbocycles. The molecule has 0 aromatic rings. The highest BCUT2D eigenvalue weighted by molar-refractivity contribution is 5.21. The SMILES string of the molecule is C=C1[CH-]C=CCC1. The third kappa shape index (κ3) is 1.11. The van der Waals surface area contributed by atoms with Crippen LogP contribution in [0.1, 0.15) is 12.8 Å². The van der Waals surface area contributed by atoms with E-state index in [-0.39, 0.29) is 0 Å². The molecule has 0 radical (unpaired) electrons. The lowest BCUT2D eigenvalue weighted by molar-refractivity contribution is 0.971. The van der Waals surface area contributed by atoms with Crippen molar-refractivity contribution in [1.29, 1.82) is 0 Å². The normalized spacial score (nSPS) is 19.1. The maximum atomic E-state index is 3.81. The lowest BCUT2D eigenvalue weighted by Gasteiger charge is -2.11. The van der Waals surface area contributed by atoms with Gasteiger partial charge in [-0.3, -0.25) is 0 Å². The van der Waals surface area contributed by atoms with Crippen LogP contribution in [0.15, 0.2) is 24.3 Å². The molecule has 1 rings (SSSR count). The van der Waals surface area contributed by atoms with Crippen molar-refractivity contribution in [2.24, 2.45) is 0 Å². The molecule has 0 atom stereocenters. The fourth-order valence-electron chi connectivity index (χ4n) is 0.652. The van der Waals surface area contributed by atoms with Gasteiger partial charge in [-0.2, -0.15) is 30.7 Å². The largest absolute Gasteiger partial charge is 0.191 e. The Morgan fingerprint density at radius 2 is 2.57 bits per heavy atom. The van der Waals surface area contributed by atoms with E-state index in [2.05, 4.69) is 25.2 Å². The van der Waals surface area contributed by atoms with Crippen molar-refractivity contribution in [2.75, 3.05) is 0 Å². The summed E-state index contributed by atoms with van der Waals surface area (Å²) < 4.78 is 0. The van der Waals surface area contributed by atoms with Crippen molar-refractivity contribution < 1.29 is 0 Å². The van der Waals surface area contributed by atoms with Gasteiger partial charge in [-0.1, -0.05) is 12.8 Å². The third-order valence-corrected chi connectivity index (χ3v) is 1.10. The molecule has 0 spiro atoms. The molecule has 0 N–H and O–H groups in total. The Hall–Kier alpha value is -0.650. The molecule has 38 valence electrons. The quantitative estimate of drug-likeness (QED) is 0.402. The predicted molar refractivity (Wildman–Crippen MR) is 31.8 cm³/mol. The van der Waals surface area contributed by atoms with Crippen LogP contribution in [-0.4, -0.2) is 0 Å². The molecule has 0 aromatic heterocycles. The molecule has 0 heterocycles. The van der Waals surface area contributed by atoms with E-state index < -0.39 is 0 Å². The first-order valence-electron chi connectivity index (χ1n) is 2.57. The Labute approximate surface area is 44.5 Å². The van der Waals surface area contributed by atoms with Gasteiger partial charge < -0.3 is 0 Å². The molecule has 7 heavy (non-hydrogen) atoms. The van der Waals surface area contributed by atoms with Crippen LogP contribution in [-0.2, 0) is 0 Å². The van der Waals surface area contributed by atoms with Gasteiger partial charge in [0.15, 0.2) is 0 Å². The zero-order valence-corrected chi connectivity index (χ0v) is 4.35. The first-order chi connectivity index (χ1) is 3.39. The highest BCUT2D eigenvalue weighted by atomic mass is 14.0. The summed E-state index contributed by atoms with van der Waals surface area (Å²) in [5.41, 5.74) is 1.25. The van der Waals surface area contributed by atoms with Crippen LogP contribution in [0.2, 0.25) is 0 Å². The molecule has 0 aliphatic heterocycles. The fraction of sp³-hybridized carbons (Fsp3) is 0.286. The highest BCUT2D eigenvalue weighted by Gasteiger charge is 1.85. The zero-order valence-electron chi connectivity index (χ0n) is 4.35. The monoisotopic (exact) mass is 93.1 g/mol. The topological polar surface area (TPSA) is 0 Å². The minimum absolute atomic E-state index is 1.15. The molecule has 0 nitrogen and oxygen atoms in total. The summed E-state index contributed by atoms with van der Waals surface area (Å²) in [5.74, 6) is 0. The summed E-state index contributed by atoms with van der Waals surface area (Å²) in [5, 5.41) is 0.